The predicted molar refractivity (Wildman–Crippen MR) is 70.1 cm³/mol. The standard InChI is InChI=1S/C13H19N3O2/c1-10-8-11(13(17)18)9-12(15-10)14-4-7-16-5-2-3-6-16/h8-9H,2-7H2,1H3,(H,14,15)(H,17,18). The molecule has 2 heterocycles. The maximum absolute atomic E-state index is 10.9. The zero-order valence-corrected chi connectivity index (χ0v) is 10.6. The van der Waals surface area contributed by atoms with Crippen molar-refractivity contribution in [3.8, 4) is 0 Å². The molecular weight excluding hydrogens is 230 g/mol. The fourth-order valence-electron chi connectivity index (χ4n) is 2.23. The highest BCUT2D eigenvalue weighted by molar-refractivity contribution is 5.88. The van der Waals surface area contributed by atoms with E-state index in [9.17, 15) is 4.79 Å². The average molecular weight is 249 g/mol. The van der Waals surface area contributed by atoms with Crippen molar-refractivity contribution >= 4 is 11.8 Å². The Morgan fingerprint density at radius 2 is 2.17 bits per heavy atom. The molecule has 0 aliphatic carbocycles. The molecule has 0 aromatic carbocycles. The Morgan fingerprint density at radius 3 is 2.83 bits per heavy atom. The first kappa shape index (κ1) is 12.8. The smallest absolute Gasteiger partial charge is 0.335 e. The SMILES string of the molecule is Cc1cc(C(=O)O)cc(NCCN2CCCC2)n1. The molecule has 1 aromatic heterocycles. The van der Waals surface area contributed by atoms with Gasteiger partial charge in [-0.25, -0.2) is 9.78 Å². The molecule has 1 aliphatic rings. The minimum atomic E-state index is -0.914. The molecule has 2 rings (SSSR count). The molecule has 1 fully saturated rings. The number of hydrogen-bond donors (Lipinski definition) is 2. The summed E-state index contributed by atoms with van der Waals surface area (Å²) in [7, 11) is 0. The van der Waals surface area contributed by atoms with Crippen LogP contribution in [0.2, 0.25) is 0 Å². The number of carboxylic acids is 1. The van der Waals surface area contributed by atoms with Crippen LogP contribution in [0.4, 0.5) is 5.82 Å². The van der Waals surface area contributed by atoms with Crippen LogP contribution in [0.3, 0.4) is 0 Å². The van der Waals surface area contributed by atoms with Crippen molar-refractivity contribution in [1.29, 1.82) is 0 Å². The Balaban J connectivity index is 1.89. The van der Waals surface area contributed by atoms with E-state index in [0.29, 0.717) is 5.82 Å². The van der Waals surface area contributed by atoms with E-state index in [1.807, 2.05) is 0 Å². The fraction of sp³-hybridized carbons (Fsp3) is 0.538. The van der Waals surface area contributed by atoms with Gasteiger partial charge in [-0.15, -0.1) is 0 Å². The van der Waals surface area contributed by atoms with Crippen LogP contribution >= 0.6 is 0 Å². The molecule has 5 nitrogen and oxygen atoms in total. The van der Waals surface area contributed by atoms with Crippen LogP contribution in [0.5, 0.6) is 0 Å². The van der Waals surface area contributed by atoms with Crippen molar-refractivity contribution in [2.45, 2.75) is 19.8 Å². The van der Waals surface area contributed by atoms with Crippen molar-refractivity contribution in [2.24, 2.45) is 0 Å². The second-order valence-electron chi connectivity index (χ2n) is 4.66. The summed E-state index contributed by atoms with van der Waals surface area (Å²) in [6.45, 7) is 5.93. The summed E-state index contributed by atoms with van der Waals surface area (Å²) in [4.78, 5) is 17.6. The minimum Gasteiger partial charge on any atom is -0.478 e. The molecule has 18 heavy (non-hydrogen) atoms. The highest BCUT2D eigenvalue weighted by Crippen LogP contribution is 2.11. The quantitative estimate of drug-likeness (QED) is 0.829. The summed E-state index contributed by atoms with van der Waals surface area (Å²) < 4.78 is 0. The largest absolute Gasteiger partial charge is 0.478 e. The van der Waals surface area contributed by atoms with E-state index in [1.165, 1.54) is 25.9 Å². The number of anilines is 1. The van der Waals surface area contributed by atoms with E-state index in [1.54, 1.807) is 19.1 Å². The number of nitrogens with zero attached hydrogens (tertiary/aromatic N) is 2. The lowest BCUT2D eigenvalue weighted by Crippen LogP contribution is -2.26. The molecular formula is C13H19N3O2. The Hall–Kier alpha value is -1.62. The molecule has 1 aromatic rings. The lowest BCUT2D eigenvalue weighted by Gasteiger charge is -2.15. The molecule has 0 bridgehead atoms. The number of carbonyl (C=O) groups is 1. The Kier molecular flexibility index (Phi) is 4.15. The summed E-state index contributed by atoms with van der Waals surface area (Å²) in [5, 5.41) is 12.2. The highest BCUT2D eigenvalue weighted by Gasteiger charge is 2.11. The molecule has 2 N–H and O–H groups in total. The maximum Gasteiger partial charge on any atom is 0.335 e. The van der Waals surface area contributed by atoms with E-state index in [-0.39, 0.29) is 5.56 Å². The Labute approximate surface area is 107 Å². The minimum absolute atomic E-state index is 0.283. The normalized spacial score (nSPS) is 15.8. The molecule has 0 atom stereocenters. The van der Waals surface area contributed by atoms with E-state index in [4.69, 9.17) is 5.11 Å². The van der Waals surface area contributed by atoms with Crippen LogP contribution in [-0.4, -0.2) is 47.1 Å². The predicted octanol–water partition coefficient (Wildman–Crippen LogP) is 1.60. The van der Waals surface area contributed by atoms with Gasteiger partial charge in [0.2, 0.25) is 0 Å². The monoisotopic (exact) mass is 249 g/mol. The molecule has 0 radical (unpaired) electrons. The summed E-state index contributed by atoms with van der Waals surface area (Å²) in [5.41, 5.74) is 1.00. The molecule has 1 aliphatic heterocycles. The van der Waals surface area contributed by atoms with Gasteiger partial charge in [0.1, 0.15) is 5.82 Å². The lowest BCUT2D eigenvalue weighted by molar-refractivity contribution is 0.0696. The van der Waals surface area contributed by atoms with E-state index >= 15 is 0 Å². The molecule has 5 heteroatoms. The number of aryl methyl sites for hydroxylation is 1. The van der Waals surface area contributed by atoms with Gasteiger partial charge in [-0.1, -0.05) is 0 Å². The van der Waals surface area contributed by atoms with Crippen LogP contribution < -0.4 is 5.32 Å². The van der Waals surface area contributed by atoms with Gasteiger partial charge in [-0.2, -0.15) is 0 Å². The first-order valence-electron chi connectivity index (χ1n) is 6.33. The maximum atomic E-state index is 10.9. The zero-order chi connectivity index (χ0) is 13.0. The first-order chi connectivity index (χ1) is 8.65. The van der Waals surface area contributed by atoms with Crippen LogP contribution in [0.15, 0.2) is 12.1 Å². The molecule has 0 saturated carbocycles. The summed E-state index contributed by atoms with van der Waals surface area (Å²) in [6.07, 6.45) is 2.57. The number of hydrogen-bond acceptors (Lipinski definition) is 4. The van der Waals surface area contributed by atoms with Crippen LogP contribution in [0.1, 0.15) is 28.9 Å². The summed E-state index contributed by atoms with van der Waals surface area (Å²) >= 11 is 0. The Bertz CT molecular complexity index is 428. The van der Waals surface area contributed by atoms with Crippen LogP contribution in [-0.2, 0) is 0 Å². The van der Waals surface area contributed by atoms with E-state index in [2.05, 4.69) is 15.2 Å². The van der Waals surface area contributed by atoms with Gasteiger partial charge in [-0.3, -0.25) is 0 Å². The topological polar surface area (TPSA) is 65.5 Å². The van der Waals surface area contributed by atoms with Gasteiger partial charge < -0.3 is 15.3 Å². The third kappa shape index (κ3) is 3.43. The zero-order valence-electron chi connectivity index (χ0n) is 10.6. The van der Waals surface area contributed by atoms with Gasteiger partial charge >= 0.3 is 5.97 Å². The second-order valence-corrected chi connectivity index (χ2v) is 4.66. The summed E-state index contributed by atoms with van der Waals surface area (Å²) in [6, 6.07) is 3.16. The van der Waals surface area contributed by atoms with Crippen molar-refractivity contribution in [3.63, 3.8) is 0 Å². The third-order valence-electron chi connectivity index (χ3n) is 3.13. The second kappa shape index (κ2) is 5.82. The number of likely N-dealkylation sites (tertiary alicyclic amines) is 1. The molecule has 1 saturated heterocycles. The van der Waals surface area contributed by atoms with E-state index in [0.717, 1.165) is 18.8 Å². The number of rotatable bonds is 5. The van der Waals surface area contributed by atoms with Crippen molar-refractivity contribution < 1.29 is 9.90 Å². The van der Waals surface area contributed by atoms with Crippen LogP contribution in [0.25, 0.3) is 0 Å². The average Bonchev–Trinajstić information content (AvgIpc) is 2.81. The van der Waals surface area contributed by atoms with Gasteiger partial charge in [0, 0.05) is 18.8 Å². The molecule has 0 unspecified atom stereocenters. The number of carboxylic acid groups (broad SMARTS) is 1. The van der Waals surface area contributed by atoms with Crippen LogP contribution in [0, 0.1) is 6.92 Å². The van der Waals surface area contributed by atoms with Gasteiger partial charge in [0.25, 0.3) is 0 Å². The number of pyridine rings is 1. The third-order valence-corrected chi connectivity index (χ3v) is 3.13. The molecule has 98 valence electrons. The lowest BCUT2D eigenvalue weighted by atomic mass is 10.2. The van der Waals surface area contributed by atoms with Gasteiger partial charge in [0.15, 0.2) is 0 Å². The molecule has 0 amide bonds. The number of aromatic nitrogens is 1. The molecule has 0 spiro atoms. The highest BCUT2D eigenvalue weighted by atomic mass is 16.4. The van der Waals surface area contributed by atoms with Gasteiger partial charge in [-0.05, 0) is 45.0 Å². The van der Waals surface area contributed by atoms with Crippen molar-refractivity contribution in [2.75, 3.05) is 31.5 Å². The van der Waals surface area contributed by atoms with Crippen molar-refractivity contribution in [1.82, 2.24) is 9.88 Å². The number of nitrogens with one attached hydrogen (secondary N) is 1. The number of aromatic carboxylic acids is 1. The van der Waals surface area contributed by atoms with E-state index < -0.39 is 5.97 Å². The first-order valence-corrected chi connectivity index (χ1v) is 6.33. The summed E-state index contributed by atoms with van der Waals surface area (Å²) in [5.74, 6) is -0.269. The Morgan fingerprint density at radius 1 is 1.44 bits per heavy atom. The van der Waals surface area contributed by atoms with Gasteiger partial charge in [0.05, 0.1) is 5.56 Å². The fourth-order valence-corrected chi connectivity index (χ4v) is 2.23. The van der Waals surface area contributed by atoms with Crippen molar-refractivity contribution in [3.05, 3.63) is 23.4 Å².